The molecule has 5 heteroatoms. The Balaban J connectivity index is 2.08. The van der Waals surface area contributed by atoms with Gasteiger partial charge in [0.1, 0.15) is 5.76 Å². The Bertz CT molecular complexity index is 509. The van der Waals surface area contributed by atoms with Crippen molar-refractivity contribution in [2.24, 2.45) is 0 Å². The third kappa shape index (κ3) is 3.64. The quantitative estimate of drug-likeness (QED) is 0.867. The number of oxazole rings is 1. The standard InChI is InChI=1S/C14H18N2O3/c1-10(2)19-14-6-11(4-5-13(14)17-3)16-8-12-7-15-9-18-12/h4-7,9-10,16H,8H2,1-3H3. The van der Waals surface area contributed by atoms with Gasteiger partial charge in [-0.3, -0.25) is 0 Å². The van der Waals surface area contributed by atoms with Gasteiger partial charge in [-0.2, -0.15) is 0 Å². The van der Waals surface area contributed by atoms with Crippen molar-refractivity contribution in [3.63, 3.8) is 0 Å². The molecule has 2 aromatic rings. The first-order valence-electron chi connectivity index (χ1n) is 6.15. The highest BCUT2D eigenvalue weighted by atomic mass is 16.5. The molecule has 1 aromatic carbocycles. The monoisotopic (exact) mass is 262 g/mol. The molecule has 0 aliphatic rings. The highest BCUT2D eigenvalue weighted by Crippen LogP contribution is 2.31. The van der Waals surface area contributed by atoms with Gasteiger partial charge in [-0.05, 0) is 26.0 Å². The minimum Gasteiger partial charge on any atom is -0.493 e. The summed E-state index contributed by atoms with van der Waals surface area (Å²) in [4.78, 5) is 3.87. The molecule has 102 valence electrons. The molecule has 0 bridgehead atoms. The van der Waals surface area contributed by atoms with Gasteiger partial charge in [0.25, 0.3) is 0 Å². The molecule has 1 aromatic heterocycles. The summed E-state index contributed by atoms with van der Waals surface area (Å²) in [6.07, 6.45) is 3.19. The Kier molecular flexibility index (Phi) is 4.28. The second-order valence-corrected chi connectivity index (χ2v) is 4.35. The van der Waals surface area contributed by atoms with Crippen molar-refractivity contribution in [1.29, 1.82) is 0 Å². The summed E-state index contributed by atoms with van der Waals surface area (Å²) in [6, 6.07) is 5.72. The summed E-state index contributed by atoms with van der Waals surface area (Å²) in [5, 5.41) is 3.24. The van der Waals surface area contributed by atoms with E-state index in [2.05, 4.69) is 10.3 Å². The summed E-state index contributed by atoms with van der Waals surface area (Å²) in [5.74, 6) is 2.22. The fourth-order valence-corrected chi connectivity index (χ4v) is 1.65. The van der Waals surface area contributed by atoms with Gasteiger partial charge in [-0.25, -0.2) is 4.98 Å². The summed E-state index contributed by atoms with van der Waals surface area (Å²) in [7, 11) is 1.63. The van der Waals surface area contributed by atoms with Crippen LogP contribution in [-0.4, -0.2) is 18.2 Å². The van der Waals surface area contributed by atoms with Gasteiger partial charge in [-0.15, -0.1) is 0 Å². The zero-order valence-electron chi connectivity index (χ0n) is 11.3. The van der Waals surface area contributed by atoms with E-state index in [1.54, 1.807) is 13.3 Å². The van der Waals surface area contributed by atoms with Gasteiger partial charge >= 0.3 is 0 Å². The first kappa shape index (κ1) is 13.3. The molecular formula is C14H18N2O3. The average Bonchev–Trinajstić information content (AvgIpc) is 2.89. The first-order valence-corrected chi connectivity index (χ1v) is 6.15. The number of ether oxygens (including phenoxy) is 2. The van der Waals surface area contributed by atoms with E-state index in [-0.39, 0.29) is 6.10 Å². The lowest BCUT2D eigenvalue weighted by Gasteiger charge is -2.15. The van der Waals surface area contributed by atoms with E-state index in [0.717, 1.165) is 22.9 Å². The molecule has 2 rings (SSSR count). The lowest BCUT2D eigenvalue weighted by Crippen LogP contribution is -2.07. The Morgan fingerprint density at radius 2 is 2.16 bits per heavy atom. The molecule has 0 saturated heterocycles. The fraction of sp³-hybridized carbons (Fsp3) is 0.357. The largest absolute Gasteiger partial charge is 0.493 e. The average molecular weight is 262 g/mol. The molecule has 1 N–H and O–H groups in total. The van der Waals surface area contributed by atoms with Gasteiger partial charge < -0.3 is 19.2 Å². The summed E-state index contributed by atoms with van der Waals surface area (Å²) >= 11 is 0. The summed E-state index contributed by atoms with van der Waals surface area (Å²) in [6.45, 7) is 4.54. The predicted octanol–water partition coefficient (Wildman–Crippen LogP) is 3.08. The maximum Gasteiger partial charge on any atom is 0.180 e. The van der Waals surface area contributed by atoms with Crippen LogP contribution >= 0.6 is 0 Å². The van der Waals surface area contributed by atoms with E-state index in [9.17, 15) is 0 Å². The predicted molar refractivity (Wildman–Crippen MR) is 72.6 cm³/mol. The van der Waals surface area contributed by atoms with Crippen LogP contribution in [-0.2, 0) is 6.54 Å². The maximum absolute atomic E-state index is 5.71. The second-order valence-electron chi connectivity index (χ2n) is 4.35. The SMILES string of the molecule is COc1ccc(NCc2cnco2)cc1OC(C)C. The number of methoxy groups -OCH3 is 1. The van der Waals surface area contributed by atoms with E-state index in [0.29, 0.717) is 6.54 Å². The number of nitrogens with zero attached hydrogens (tertiary/aromatic N) is 1. The third-order valence-corrected chi connectivity index (χ3v) is 2.48. The van der Waals surface area contributed by atoms with Crippen LogP contribution in [0.3, 0.4) is 0 Å². The lowest BCUT2D eigenvalue weighted by atomic mass is 10.2. The van der Waals surface area contributed by atoms with Crippen LogP contribution in [0.15, 0.2) is 35.2 Å². The molecule has 0 amide bonds. The van der Waals surface area contributed by atoms with Gasteiger partial charge in [0, 0.05) is 11.8 Å². The van der Waals surface area contributed by atoms with Crippen molar-refractivity contribution in [3.05, 3.63) is 36.5 Å². The Labute approximate surface area is 112 Å². The highest BCUT2D eigenvalue weighted by Gasteiger charge is 2.08. The van der Waals surface area contributed by atoms with Crippen molar-refractivity contribution in [3.8, 4) is 11.5 Å². The third-order valence-electron chi connectivity index (χ3n) is 2.48. The van der Waals surface area contributed by atoms with Crippen LogP contribution in [0.4, 0.5) is 5.69 Å². The van der Waals surface area contributed by atoms with Crippen molar-refractivity contribution in [2.45, 2.75) is 26.5 Å². The van der Waals surface area contributed by atoms with Crippen LogP contribution in [0.2, 0.25) is 0 Å². The lowest BCUT2D eigenvalue weighted by molar-refractivity contribution is 0.230. The molecule has 0 unspecified atom stereocenters. The highest BCUT2D eigenvalue weighted by molar-refractivity contribution is 5.54. The molecule has 19 heavy (non-hydrogen) atoms. The molecule has 5 nitrogen and oxygen atoms in total. The van der Waals surface area contributed by atoms with E-state index < -0.39 is 0 Å². The molecule has 0 saturated carbocycles. The number of hydrogen-bond acceptors (Lipinski definition) is 5. The minimum absolute atomic E-state index is 0.0958. The fourth-order valence-electron chi connectivity index (χ4n) is 1.65. The van der Waals surface area contributed by atoms with Crippen molar-refractivity contribution in [1.82, 2.24) is 4.98 Å². The molecule has 1 heterocycles. The number of rotatable bonds is 6. The van der Waals surface area contributed by atoms with Gasteiger partial charge in [0.2, 0.25) is 0 Å². The molecule has 0 aliphatic carbocycles. The maximum atomic E-state index is 5.71. The van der Waals surface area contributed by atoms with E-state index in [1.165, 1.54) is 6.39 Å². The Hall–Kier alpha value is -2.17. The van der Waals surface area contributed by atoms with Crippen LogP contribution < -0.4 is 14.8 Å². The zero-order valence-corrected chi connectivity index (χ0v) is 11.3. The summed E-state index contributed by atoms with van der Waals surface area (Å²) in [5.41, 5.74) is 0.938. The number of aromatic nitrogens is 1. The molecular weight excluding hydrogens is 244 g/mol. The number of anilines is 1. The molecule has 0 spiro atoms. The van der Waals surface area contributed by atoms with Gasteiger partial charge in [0.15, 0.2) is 17.9 Å². The number of benzene rings is 1. The molecule has 0 fully saturated rings. The van der Waals surface area contributed by atoms with Gasteiger partial charge in [0.05, 0.1) is 26.0 Å². The van der Waals surface area contributed by atoms with Crippen LogP contribution in [0.1, 0.15) is 19.6 Å². The Morgan fingerprint density at radius 1 is 1.32 bits per heavy atom. The zero-order chi connectivity index (χ0) is 13.7. The smallest absolute Gasteiger partial charge is 0.180 e. The van der Waals surface area contributed by atoms with E-state index in [1.807, 2.05) is 32.0 Å². The van der Waals surface area contributed by atoms with E-state index in [4.69, 9.17) is 13.9 Å². The van der Waals surface area contributed by atoms with Crippen molar-refractivity contribution in [2.75, 3.05) is 12.4 Å². The normalized spacial score (nSPS) is 10.5. The minimum atomic E-state index is 0.0958. The number of hydrogen-bond donors (Lipinski definition) is 1. The van der Waals surface area contributed by atoms with E-state index >= 15 is 0 Å². The second kappa shape index (κ2) is 6.13. The van der Waals surface area contributed by atoms with Crippen LogP contribution in [0, 0.1) is 0 Å². The molecule has 0 radical (unpaired) electrons. The summed E-state index contributed by atoms with van der Waals surface area (Å²) < 4.78 is 16.1. The Morgan fingerprint density at radius 3 is 2.79 bits per heavy atom. The van der Waals surface area contributed by atoms with Gasteiger partial charge in [-0.1, -0.05) is 0 Å². The molecule has 0 aliphatic heterocycles. The number of nitrogens with one attached hydrogen (secondary N) is 1. The topological polar surface area (TPSA) is 56.5 Å². The molecule has 0 atom stereocenters. The van der Waals surface area contributed by atoms with Crippen molar-refractivity contribution >= 4 is 5.69 Å². The van der Waals surface area contributed by atoms with Crippen LogP contribution in [0.25, 0.3) is 0 Å². The first-order chi connectivity index (χ1) is 9.19. The van der Waals surface area contributed by atoms with Crippen molar-refractivity contribution < 1.29 is 13.9 Å². The van der Waals surface area contributed by atoms with Crippen LogP contribution in [0.5, 0.6) is 11.5 Å².